The van der Waals surface area contributed by atoms with Crippen LogP contribution in [0.1, 0.15) is 0 Å². The smallest absolute Gasteiger partial charge is 0.118 e. The van der Waals surface area contributed by atoms with Gasteiger partial charge in [0.15, 0.2) is 0 Å². The van der Waals surface area contributed by atoms with E-state index < -0.39 is 0 Å². The molecule has 0 bridgehead atoms. The minimum absolute atomic E-state index is 0.864. The molecular weight excluding hydrogens is 412 g/mol. The van der Waals surface area contributed by atoms with Crippen molar-refractivity contribution in [1.29, 1.82) is 0 Å². The molecule has 0 aliphatic heterocycles. The lowest BCUT2D eigenvalue weighted by Gasteiger charge is -2.15. The van der Waals surface area contributed by atoms with Crippen LogP contribution in [0, 0.1) is 0 Å². The molecule has 0 aliphatic carbocycles. The lowest BCUT2D eigenvalue weighted by atomic mass is 9.89. The number of benzene rings is 6. The maximum atomic E-state index is 5.43. The standard InChI is InChI=1S/C33H24O/c1-34-30-18-16-25(17-19-30)33-31-21-26(23-8-4-2-5-9-23)12-14-28(31)20-29-15-13-27(22-32(29)33)24-10-6-3-7-11-24/h2-22H,1H3. The van der Waals surface area contributed by atoms with Gasteiger partial charge in [0.2, 0.25) is 0 Å². The topological polar surface area (TPSA) is 9.23 Å². The van der Waals surface area contributed by atoms with E-state index in [1.807, 2.05) is 12.1 Å². The van der Waals surface area contributed by atoms with Gasteiger partial charge in [0, 0.05) is 0 Å². The molecule has 0 fully saturated rings. The van der Waals surface area contributed by atoms with E-state index in [0.717, 1.165) is 5.75 Å². The minimum atomic E-state index is 0.864. The maximum absolute atomic E-state index is 5.43. The van der Waals surface area contributed by atoms with Gasteiger partial charge in [-0.3, -0.25) is 0 Å². The summed E-state index contributed by atoms with van der Waals surface area (Å²) in [4.78, 5) is 0. The monoisotopic (exact) mass is 436 g/mol. The highest BCUT2D eigenvalue weighted by Gasteiger charge is 2.13. The van der Waals surface area contributed by atoms with Gasteiger partial charge in [-0.15, -0.1) is 0 Å². The minimum Gasteiger partial charge on any atom is -0.497 e. The molecule has 0 atom stereocenters. The normalized spacial score (nSPS) is 11.1. The van der Waals surface area contributed by atoms with Crippen molar-refractivity contribution in [3.63, 3.8) is 0 Å². The highest BCUT2D eigenvalue weighted by Crippen LogP contribution is 2.40. The largest absolute Gasteiger partial charge is 0.497 e. The predicted octanol–water partition coefficient (Wildman–Crippen LogP) is 9.00. The zero-order chi connectivity index (χ0) is 22.9. The highest BCUT2D eigenvalue weighted by molar-refractivity contribution is 6.14. The number of ether oxygens (including phenoxy) is 1. The van der Waals surface area contributed by atoms with Crippen LogP contribution in [-0.4, -0.2) is 7.11 Å². The van der Waals surface area contributed by atoms with Crippen LogP contribution in [0.5, 0.6) is 5.75 Å². The summed E-state index contributed by atoms with van der Waals surface area (Å²) in [6.07, 6.45) is 0. The Labute approximate surface area is 199 Å². The highest BCUT2D eigenvalue weighted by atomic mass is 16.5. The van der Waals surface area contributed by atoms with Gasteiger partial charge < -0.3 is 4.74 Å². The van der Waals surface area contributed by atoms with Gasteiger partial charge in [0.05, 0.1) is 7.11 Å². The third-order valence-electron chi connectivity index (χ3n) is 6.55. The first-order valence-corrected chi connectivity index (χ1v) is 11.6. The van der Waals surface area contributed by atoms with Gasteiger partial charge in [0.1, 0.15) is 5.75 Å². The summed E-state index contributed by atoms with van der Waals surface area (Å²) in [7, 11) is 1.71. The number of rotatable bonds is 4. The van der Waals surface area contributed by atoms with Crippen LogP contribution >= 0.6 is 0 Å². The van der Waals surface area contributed by atoms with Gasteiger partial charge >= 0.3 is 0 Å². The first-order valence-electron chi connectivity index (χ1n) is 11.6. The number of fused-ring (bicyclic) bond motifs is 2. The van der Waals surface area contributed by atoms with Crippen LogP contribution in [0.3, 0.4) is 0 Å². The van der Waals surface area contributed by atoms with Gasteiger partial charge in [-0.25, -0.2) is 0 Å². The van der Waals surface area contributed by atoms with Crippen LogP contribution in [0.4, 0.5) is 0 Å². The molecule has 0 saturated carbocycles. The molecule has 0 aromatic heterocycles. The second-order valence-corrected chi connectivity index (χ2v) is 8.58. The third kappa shape index (κ3) is 3.62. The van der Waals surface area contributed by atoms with E-state index in [0.29, 0.717) is 0 Å². The first kappa shape index (κ1) is 20.3. The van der Waals surface area contributed by atoms with Crippen molar-refractivity contribution < 1.29 is 4.74 Å². The molecule has 1 heteroatoms. The van der Waals surface area contributed by atoms with Crippen molar-refractivity contribution in [3.8, 4) is 39.1 Å². The Hall–Kier alpha value is -4.36. The first-order chi connectivity index (χ1) is 16.8. The SMILES string of the molecule is COc1ccc(-c2c3cc(-c4ccccc4)ccc3cc3ccc(-c4ccccc4)cc23)cc1. The quantitative estimate of drug-likeness (QED) is 0.251. The van der Waals surface area contributed by atoms with Crippen molar-refractivity contribution in [3.05, 3.63) is 127 Å². The zero-order valence-electron chi connectivity index (χ0n) is 19.0. The van der Waals surface area contributed by atoms with Crippen LogP contribution in [0.15, 0.2) is 127 Å². The molecule has 6 aromatic carbocycles. The van der Waals surface area contributed by atoms with Crippen LogP contribution in [0.25, 0.3) is 54.9 Å². The molecule has 162 valence electrons. The second kappa shape index (κ2) is 8.53. The summed E-state index contributed by atoms with van der Waals surface area (Å²) >= 11 is 0. The van der Waals surface area contributed by atoms with Crippen molar-refractivity contribution in [2.75, 3.05) is 7.11 Å². The molecule has 1 nitrogen and oxygen atoms in total. The van der Waals surface area contributed by atoms with Gasteiger partial charge in [0.25, 0.3) is 0 Å². The van der Waals surface area contributed by atoms with E-state index in [9.17, 15) is 0 Å². The second-order valence-electron chi connectivity index (χ2n) is 8.58. The molecule has 0 N–H and O–H groups in total. The molecule has 0 unspecified atom stereocenters. The van der Waals surface area contributed by atoms with Crippen LogP contribution in [-0.2, 0) is 0 Å². The Morgan fingerprint density at radius 1 is 0.412 bits per heavy atom. The molecule has 6 aromatic rings. The van der Waals surface area contributed by atoms with Crippen molar-refractivity contribution in [1.82, 2.24) is 0 Å². The molecule has 34 heavy (non-hydrogen) atoms. The van der Waals surface area contributed by atoms with Gasteiger partial charge in [-0.2, -0.15) is 0 Å². The predicted molar refractivity (Wildman–Crippen MR) is 144 cm³/mol. The average Bonchev–Trinajstić information content (AvgIpc) is 2.92. The Bertz CT molecular complexity index is 1500. The van der Waals surface area contributed by atoms with E-state index in [4.69, 9.17) is 4.74 Å². The van der Waals surface area contributed by atoms with Crippen molar-refractivity contribution in [2.45, 2.75) is 0 Å². The number of hydrogen-bond donors (Lipinski definition) is 0. The van der Waals surface area contributed by atoms with E-state index in [1.165, 1.54) is 54.9 Å². The summed E-state index contributed by atoms with van der Waals surface area (Å²) in [6, 6.07) is 45.5. The van der Waals surface area contributed by atoms with Crippen LogP contribution in [0.2, 0.25) is 0 Å². The average molecular weight is 437 g/mol. The van der Waals surface area contributed by atoms with Crippen molar-refractivity contribution >= 4 is 21.5 Å². The fourth-order valence-corrected chi connectivity index (χ4v) is 4.80. The van der Waals surface area contributed by atoms with Gasteiger partial charge in [-0.1, -0.05) is 97.1 Å². The number of hydrogen-bond acceptors (Lipinski definition) is 1. The van der Waals surface area contributed by atoms with E-state index in [1.54, 1.807) is 7.11 Å². The Morgan fingerprint density at radius 3 is 1.35 bits per heavy atom. The Balaban J connectivity index is 1.67. The summed E-state index contributed by atoms with van der Waals surface area (Å²) in [5, 5.41) is 4.99. The lowest BCUT2D eigenvalue weighted by molar-refractivity contribution is 0.415. The molecule has 0 spiro atoms. The zero-order valence-corrected chi connectivity index (χ0v) is 19.0. The maximum Gasteiger partial charge on any atom is 0.118 e. The van der Waals surface area contributed by atoms with E-state index >= 15 is 0 Å². The summed E-state index contributed by atoms with van der Waals surface area (Å²) in [5.41, 5.74) is 7.34. The third-order valence-corrected chi connectivity index (χ3v) is 6.55. The molecule has 0 radical (unpaired) electrons. The molecular formula is C33H24O. The molecule has 0 saturated heterocycles. The van der Waals surface area contributed by atoms with Crippen LogP contribution < -0.4 is 4.74 Å². The molecule has 0 amide bonds. The summed E-state index contributed by atoms with van der Waals surface area (Å²) in [6.45, 7) is 0. The van der Waals surface area contributed by atoms with E-state index in [-0.39, 0.29) is 0 Å². The van der Waals surface area contributed by atoms with E-state index in [2.05, 4.69) is 115 Å². The summed E-state index contributed by atoms with van der Waals surface area (Å²) in [5.74, 6) is 0.864. The Morgan fingerprint density at radius 2 is 0.882 bits per heavy atom. The summed E-state index contributed by atoms with van der Waals surface area (Å²) < 4.78 is 5.43. The van der Waals surface area contributed by atoms with Crippen molar-refractivity contribution in [2.24, 2.45) is 0 Å². The van der Waals surface area contributed by atoms with Gasteiger partial charge in [-0.05, 0) is 85.3 Å². The fraction of sp³-hybridized carbons (Fsp3) is 0.0303. The number of methoxy groups -OCH3 is 1. The Kier molecular flexibility index (Phi) is 5.08. The molecule has 0 heterocycles. The lowest BCUT2D eigenvalue weighted by Crippen LogP contribution is -1.89. The molecule has 6 rings (SSSR count). The fourth-order valence-electron chi connectivity index (χ4n) is 4.80. The molecule has 0 aliphatic rings.